The van der Waals surface area contributed by atoms with Crippen molar-refractivity contribution in [2.45, 2.75) is 6.10 Å². The fourth-order valence-corrected chi connectivity index (χ4v) is 0.865. The fourth-order valence-electron chi connectivity index (χ4n) is 0.288. The van der Waals surface area contributed by atoms with E-state index in [2.05, 4.69) is 28.2 Å². The molecule has 0 aromatic heterocycles. The molecule has 0 aliphatic rings. The van der Waals surface area contributed by atoms with Crippen molar-refractivity contribution in [3.05, 3.63) is 0 Å². The van der Waals surface area contributed by atoms with Crippen LogP contribution in [0.3, 0.4) is 0 Å². The largest absolute Gasteiger partial charge is 0.748 e. The molecule has 0 aliphatic carbocycles. The van der Waals surface area contributed by atoms with Crippen LogP contribution in [0.2, 0.25) is 0 Å². The Labute approximate surface area is 85.1 Å². The van der Waals surface area contributed by atoms with Crippen molar-refractivity contribution in [1.29, 1.82) is 0 Å². The molecule has 0 heterocycles. The normalized spacial score (nSPS) is 14.2. The Bertz CT molecular complexity index is 225. The number of hydrogen-bond donors (Lipinski definition) is 2. The molecular formula is C7H19NO5S. The molecule has 0 saturated heterocycles. The third kappa shape index (κ3) is 29.8. The molecule has 0 amide bonds. The highest BCUT2D eigenvalue weighted by Gasteiger charge is 2.05. The first kappa shape index (κ1) is 16.2. The maximum Gasteiger partial charge on any atom is 0.0972 e. The standard InChI is InChI=1S/C4H12N.C3H8O5S/c1-5(2,3)4;4-1-3(5)2-9(6,7)8/h1-4H3;3-5H,1-2H2,(H,6,7,8)/q+1;/p-1. The first-order chi connectivity index (χ1) is 5.95. The molecule has 6 nitrogen and oxygen atoms in total. The summed E-state index contributed by atoms with van der Waals surface area (Å²) in [6.45, 7) is -0.707. The predicted octanol–water partition coefficient (Wildman–Crippen LogP) is -1.79. The Morgan fingerprint density at radius 2 is 1.57 bits per heavy atom. The first-order valence-corrected chi connectivity index (χ1v) is 5.55. The first-order valence-electron chi connectivity index (χ1n) is 3.97. The smallest absolute Gasteiger partial charge is 0.0972 e. The lowest BCUT2D eigenvalue weighted by atomic mass is 10.4. The Morgan fingerprint density at radius 1 is 1.29 bits per heavy atom. The minimum atomic E-state index is -4.40. The molecule has 0 saturated carbocycles. The molecule has 0 aromatic rings. The van der Waals surface area contributed by atoms with Crippen molar-refractivity contribution >= 4 is 10.1 Å². The third-order valence-electron chi connectivity index (χ3n) is 0.607. The lowest BCUT2D eigenvalue weighted by Gasteiger charge is -2.14. The van der Waals surface area contributed by atoms with Gasteiger partial charge < -0.3 is 19.2 Å². The summed E-state index contributed by atoms with van der Waals surface area (Å²) in [4.78, 5) is 0. The van der Waals surface area contributed by atoms with E-state index in [1.165, 1.54) is 0 Å². The van der Waals surface area contributed by atoms with Crippen LogP contribution in [0.15, 0.2) is 0 Å². The second-order valence-electron chi connectivity index (χ2n) is 4.24. The van der Waals surface area contributed by atoms with Gasteiger partial charge in [-0.05, 0) is 0 Å². The second kappa shape index (κ2) is 6.31. The summed E-state index contributed by atoms with van der Waals surface area (Å²) < 4.78 is 30.3. The summed E-state index contributed by atoms with van der Waals surface area (Å²) >= 11 is 0. The number of hydrogen-bond acceptors (Lipinski definition) is 5. The third-order valence-corrected chi connectivity index (χ3v) is 1.40. The van der Waals surface area contributed by atoms with E-state index in [-0.39, 0.29) is 0 Å². The molecule has 0 bridgehead atoms. The summed E-state index contributed by atoms with van der Waals surface area (Å²) in [6.07, 6.45) is -1.45. The Hall–Kier alpha value is -0.210. The molecule has 0 fully saturated rings. The van der Waals surface area contributed by atoms with E-state index in [1.54, 1.807) is 0 Å². The summed E-state index contributed by atoms with van der Waals surface area (Å²) in [5.74, 6) is -0.927. The van der Waals surface area contributed by atoms with E-state index < -0.39 is 28.6 Å². The maximum absolute atomic E-state index is 9.77. The molecule has 0 spiro atoms. The SMILES string of the molecule is C[N+](C)(C)C.O=S(=O)([O-])CC(O)CO. The van der Waals surface area contributed by atoms with Gasteiger partial charge in [-0.2, -0.15) is 0 Å². The molecule has 1 unspecified atom stereocenters. The van der Waals surface area contributed by atoms with Crippen molar-refractivity contribution in [1.82, 2.24) is 0 Å². The van der Waals surface area contributed by atoms with Gasteiger partial charge in [0.15, 0.2) is 0 Å². The highest BCUT2D eigenvalue weighted by Crippen LogP contribution is 1.87. The summed E-state index contributed by atoms with van der Waals surface area (Å²) in [7, 11) is 4.10. The van der Waals surface area contributed by atoms with Crippen LogP contribution in [0.5, 0.6) is 0 Å². The van der Waals surface area contributed by atoms with Crippen molar-refractivity contribution in [3.8, 4) is 0 Å². The van der Waals surface area contributed by atoms with Crippen LogP contribution in [0.1, 0.15) is 0 Å². The van der Waals surface area contributed by atoms with Crippen LogP contribution in [0.25, 0.3) is 0 Å². The minimum absolute atomic E-state index is 0.707. The van der Waals surface area contributed by atoms with Crippen molar-refractivity contribution in [2.75, 3.05) is 40.6 Å². The van der Waals surface area contributed by atoms with Gasteiger partial charge in [0.25, 0.3) is 0 Å². The quantitative estimate of drug-likeness (QED) is 0.440. The molecule has 0 aliphatic heterocycles. The number of nitrogens with zero attached hydrogens (tertiary/aromatic N) is 1. The average molecular weight is 229 g/mol. The lowest BCUT2D eigenvalue weighted by molar-refractivity contribution is -0.849. The predicted molar refractivity (Wildman–Crippen MR) is 51.6 cm³/mol. The fraction of sp³-hybridized carbons (Fsp3) is 1.00. The highest BCUT2D eigenvalue weighted by molar-refractivity contribution is 7.85. The van der Waals surface area contributed by atoms with Crippen LogP contribution in [0.4, 0.5) is 0 Å². The van der Waals surface area contributed by atoms with Gasteiger partial charge in [0, 0.05) is 0 Å². The van der Waals surface area contributed by atoms with Crippen LogP contribution >= 0.6 is 0 Å². The lowest BCUT2D eigenvalue weighted by Crippen LogP contribution is -2.27. The molecule has 0 rings (SSSR count). The molecule has 14 heavy (non-hydrogen) atoms. The van der Waals surface area contributed by atoms with Gasteiger partial charge in [-0.15, -0.1) is 0 Å². The van der Waals surface area contributed by atoms with Gasteiger partial charge in [0.2, 0.25) is 0 Å². The van der Waals surface area contributed by atoms with E-state index in [0.29, 0.717) is 0 Å². The number of aliphatic hydroxyl groups is 2. The molecule has 2 N–H and O–H groups in total. The Morgan fingerprint density at radius 3 is 1.64 bits per heavy atom. The zero-order valence-electron chi connectivity index (χ0n) is 8.97. The average Bonchev–Trinajstić information content (AvgIpc) is 1.79. The van der Waals surface area contributed by atoms with Gasteiger partial charge in [0.1, 0.15) is 0 Å². The topological polar surface area (TPSA) is 97.7 Å². The van der Waals surface area contributed by atoms with Gasteiger partial charge in [-0.25, -0.2) is 8.42 Å². The van der Waals surface area contributed by atoms with Gasteiger partial charge in [0.05, 0.1) is 56.8 Å². The number of rotatable bonds is 3. The second-order valence-corrected chi connectivity index (χ2v) is 5.69. The number of aliphatic hydroxyl groups excluding tert-OH is 2. The summed E-state index contributed by atoms with van der Waals surface area (Å²) in [5, 5.41) is 16.4. The maximum atomic E-state index is 9.77. The van der Waals surface area contributed by atoms with Crippen LogP contribution in [-0.2, 0) is 10.1 Å². The molecular weight excluding hydrogens is 210 g/mol. The highest BCUT2D eigenvalue weighted by atomic mass is 32.2. The summed E-state index contributed by atoms with van der Waals surface area (Å²) in [6, 6.07) is 0. The monoisotopic (exact) mass is 229 g/mol. The molecule has 0 aromatic carbocycles. The van der Waals surface area contributed by atoms with Crippen LogP contribution in [-0.4, -0.2) is 74.3 Å². The zero-order chi connectivity index (χ0) is 12.0. The molecule has 7 heteroatoms. The van der Waals surface area contributed by atoms with Crippen molar-refractivity contribution in [2.24, 2.45) is 0 Å². The van der Waals surface area contributed by atoms with Gasteiger partial charge in [-0.1, -0.05) is 0 Å². The minimum Gasteiger partial charge on any atom is -0.748 e. The van der Waals surface area contributed by atoms with Crippen molar-refractivity contribution < 1.29 is 27.7 Å². The Balaban J connectivity index is 0. The summed E-state index contributed by atoms with van der Waals surface area (Å²) in [5.41, 5.74) is 0. The van der Waals surface area contributed by atoms with E-state index >= 15 is 0 Å². The van der Waals surface area contributed by atoms with Crippen LogP contribution in [0, 0.1) is 0 Å². The van der Waals surface area contributed by atoms with E-state index in [4.69, 9.17) is 10.2 Å². The molecule has 1 atom stereocenters. The zero-order valence-corrected chi connectivity index (χ0v) is 9.78. The van der Waals surface area contributed by atoms with E-state index in [1.807, 2.05) is 0 Å². The van der Waals surface area contributed by atoms with Gasteiger partial charge in [-0.3, -0.25) is 0 Å². The van der Waals surface area contributed by atoms with Crippen LogP contribution < -0.4 is 0 Å². The molecule has 0 radical (unpaired) electrons. The van der Waals surface area contributed by atoms with E-state index in [9.17, 15) is 13.0 Å². The Kier molecular flexibility index (Phi) is 7.31. The number of quaternary nitrogens is 1. The molecule has 88 valence electrons. The van der Waals surface area contributed by atoms with Gasteiger partial charge >= 0.3 is 0 Å². The van der Waals surface area contributed by atoms with E-state index in [0.717, 1.165) is 4.48 Å². The van der Waals surface area contributed by atoms with Crippen molar-refractivity contribution in [3.63, 3.8) is 0 Å².